The topological polar surface area (TPSA) is 77.1 Å². The van der Waals surface area contributed by atoms with Crippen LogP contribution in [0.15, 0.2) is 53.1 Å². The predicted molar refractivity (Wildman–Crippen MR) is 112 cm³/mol. The molecule has 7 nitrogen and oxygen atoms in total. The molecule has 0 unspecified atom stereocenters. The van der Waals surface area contributed by atoms with Gasteiger partial charge in [0.05, 0.1) is 6.54 Å². The van der Waals surface area contributed by atoms with Crippen molar-refractivity contribution in [1.29, 1.82) is 0 Å². The summed E-state index contributed by atoms with van der Waals surface area (Å²) in [5, 5.41) is 8.61. The first-order valence-corrected chi connectivity index (χ1v) is 10.0. The largest absolute Gasteiger partial charge is 0.334 e. The van der Waals surface area contributed by atoms with Gasteiger partial charge < -0.3 is 9.42 Å². The Hall–Kier alpha value is -3.81. The lowest BCUT2D eigenvalue weighted by atomic mass is 10.0. The molecule has 0 fully saturated rings. The fourth-order valence-electron chi connectivity index (χ4n) is 3.93. The molecule has 5 rings (SSSR count). The number of aryl methyl sites for hydroxylation is 2. The summed E-state index contributed by atoms with van der Waals surface area (Å²) in [4.78, 5) is 19.3. The van der Waals surface area contributed by atoms with Crippen LogP contribution < -0.4 is 0 Å². The van der Waals surface area contributed by atoms with Gasteiger partial charge in [-0.2, -0.15) is 10.1 Å². The van der Waals surface area contributed by atoms with Gasteiger partial charge in [0.15, 0.2) is 5.69 Å². The first kappa shape index (κ1) is 19.2. The van der Waals surface area contributed by atoms with Crippen molar-refractivity contribution in [1.82, 2.24) is 24.8 Å². The standard InChI is InChI=1S/C23H20FN5O2/c1-14-4-3-5-16(12-14)23(30)29-11-10-19-18(13-29)20(26-28(19)2)22-25-21(27-31-22)15-6-8-17(24)9-7-15/h3-9,12H,10-11,13H2,1-2H3. The summed E-state index contributed by atoms with van der Waals surface area (Å²) < 4.78 is 20.5. The molecule has 2 aromatic carbocycles. The Morgan fingerprint density at radius 2 is 1.97 bits per heavy atom. The quantitative estimate of drug-likeness (QED) is 0.507. The van der Waals surface area contributed by atoms with Crippen LogP contribution in [0.2, 0.25) is 0 Å². The van der Waals surface area contributed by atoms with Gasteiger partial charge in [-0.25, -0.2) is 4.39 Å². The molecule has 0 atom stereocenters. The second-order valence-corrected chi connectivity index (χ2v) is 7.67. The highest BCUT2D eigenvalue weighted by atomic mass is 19.1. The van der Waals surface area contributed by atoms with Gasteiger partial charge in [-0.3, -0.25) is 9.48 Å². The lowest BCUT2D eigenvalue weighted by molar-refractivity contribution is 0.0733. The number of hydrogen-bond donors (Lipinski definition) is 0. The van der Waals surface area contributed by atoms with Gasteiger partial charge in [0.25, 0.3) is 11.8 Å². The lowest BCUT2D eigenvalue weighted by Gasteiger charge is -2.27. The Balaban J connectivity index is 1.46. The molecule has 0 bridgehead atoms. The number of benzene rings is 2. The summed E-state index contributed by atoms with van der Waals surface area (Å²) in [5.41, 5.74) is 4.89. The molecule has 0 spiro atoms. The zero-order chi connectivity index (χ0) is 21.5. The van der Waals surface area contributed by atoms with E-state index in [1.165, 1.54) is 12.1 Å². The van der Waals surface area contributed by atoms with E-state index in [1.807, 2.05) is 43.1 Å². The molecule has 0 aliphatic carbocycles. The SMILES string of the molecule is Cc1cccc(C(=O)N2CCc3c(c(-c4nc(-c5ccc(F)cc5)no4)nn3C)C2)c1. The van der Waals surface area contributed by atoms with Crippen molar-refractivity contribution in [2.24, 2.45) is 7.05 Å². The van der Waals surface area contributed by atoms with Crippen LogP contribution in [0.5, 0.6) is 0 Å². The molecule has 4 aromatic rings. The van der Waals surface area contributed by atoms with Gasteiger partial charge in [0, 0.05) is 42.4 Å². The van der Waals surface area contributed by atoms with E-state index in [9.17, 15) is 9.18 Å². The fraction of sp³-hybridized carbons (Fsp3) is 0.217. The van der Waals surface area contributed by atoms with Gasteiger partial charge in [0.1, 0.15) is 5.82 Å². The number of nitrogens with zero attached hydrogens (tertiary/aromatic N) is 5. The molecule has 1 aliphatic rings. The van der Waals surface area contributed by atoms with E-state index < -0.39 is 0 Å². The zero-order valence-corrected chi connectivity index (χ0v) is 17.2. The number of carbonyl (C=O) groups excluding carboxylic acids is 1. The number of fused-ring (bicyclic) bond motifs is 1. The van der Waals surface area contributed by atoms with Crippen LogP contribution in [0.25, 0.3) is 23.0 Å². The Morgan fingerprint density at radius 3 is 2.74 bits per heavy atom. The summed E-state index contributed by atoms with van der Waals surface area (Å²) in [7, 11) is 1.87. The molecule has 1 amide bonds. The summed E-state index contributed by atoms with van der Waals surface area (Å²) in [6.45, 7) is 3.00. The van der Waals surface area contributed by atoms with Crippen molar-refractivity contribution >= 4 is 5.91 Å². The van der Waals surface area contributed by atoms with E-state index >= 15 is 0 Å². The van der Waals surface area contributed by atoms with Crippen LogP contribution in [-0.2, 0) is 20.0 Å². The third-order valence-electron chi connectivity index (χ3n) is 5.53. The number of hydrogen-bond acceptors (Lipinski definition) is 5. The fourth-order valence-corrected chi connectivity index (χ4v) is 3.93. The smallest absolute Gasteiger partial charge is 0.279 e. The van der Waals surface area contributed by atoms with E-state index in [2.05, 4.69) is 15.2 Å². The highest BCUT2D eigenvalue weighted by Gasteiger charge is 2.30. The van der Waals surface area contributed by atoms with Crippen molar-refractivity contribution in [3.8, 4) is 23.0 Å². The minimum atomic E-state index is -0.329. The monoisotopic (exact) mass is 417 g/mol. The maximum absolute atomic E-state index is 13.2. The molecule has 2 aromatic heterocycles. The second kappa shape index (κ2) is 7.46. The number of halogens is 1. The molecule has 31 heavy (non-hydrogen) atoms. The molecule has 0 saturated heterocycles. The van der Waals surface area contributed by atoms with Crippen molar-refractivity contribution in [3.63, 3.8) is 0 Å². The molecule has 1 aliphatic heterocycles. The maximum atomic E-state index is 13.2. The van der Waals surface area contributed by atoms with Gasteiger partial charge in [-0.05, 0) is 43.3 Å². The lowest BCUT2D eigenvalue weighted by Crippen LogP contribution is -2.36. The van der Waals surface area contributed by atoms with Gasteiger partial charge >= 0.3 is 0 Å². The molecule has 8 heteroatoms. The normalized spacial score (nSPS) is 13.3. The summed E-state index contributed by atoms with van der Waals surface area (Å²) in [6, 6.07) is 13.5. The van der Waals surface area contributed by atoms with Crippen LogP contribution in [-0.4, -0.2) is 37.3 Å². The first-order chi connectivity index (χ1) is 15.0. The Morgan fingerprint density at radius 1 is 1.16 bits per heavy atom. The predicted octanol–water partition coefficient (Wildman–Crippen LogP) is 3.78. The van der Waals surface area contributed by atoms with E-state index in [1.54, 1.807) is 16.8 Å². The second-order valence-electron chi connectivity index (χ2n) is 7.67. The maximum Gasteiger partial charge on any atom is 0.279 e. The first-order valence-electron chi connectivity index (χ1n) is 10.0. The van der Waals surface area contributed by atoms with E-state index in [-0.39, 0.29) is 17.6 Å². The minimum Gasteiger partial charge on any atom is -0.334 e. The third-order valence-corrected chi connectivity index (χ3v) is 5.53. The molecule has 3 heterocycles. The molecule has 0 N–H and O–H groups in total. The van der Waals surface area contributed by atoms with Gasteiger partial charge in [-0.1, -0.05) is 22.9 Å². The van der Waals surface area contributed by atoms with Crippen molar-refractivity contribution in [2.75, 3.05) is 6.54 Å². The highest BCUT2D eigenvalue weighted by molar-refractivity contribution is 5.94. The summed E-state index contributed by atoms with van der Waals surface area (Å²) in [6.07, 6.45) is 0.690. The average Bonchev–Trinajstić information content (AvgIpc) is 3.38. The Kier molecular flexibility index (Phi) is 4.62. The summed E-state index contributed by atoms with van der Waals surface area (Å²) in [5.74, 6) is 0.297. The zero-order valence-electron chi connectivity index (χ0n) is 17.2. The Bertz CT molecular complexity index is 1280. The molecular formula is C23H20FN5O2. The summed E-state index contributed by atoms with van der Waals surface area (Å²) >= 11 is 0. The van der Waals surface area contributed by atoms with Crippen molar-refractivity contribution in [3.05, 3.63) is 76.7 Å². The number of rotatable bonds is 3. The molecular weight excluding hydrogens is 397 g/mol. The average molecular weight is 417 g/mol. The van der Waals surface area contributed by atoms with Gasteiger partial charge in [0.2, 0.25) is 5.82 Å². The molecule has 0 saturated carbocycles. The highest BCUT2D eigenvalue weighted by Crippen LogP contribution is 2.30. The van der Waals surface area contributed by atoms with Crippen LogP contribution in [0.4, 0.5) is 4.39 Å². The van der Waals surface area contributed by atoms with Crippen LogP contribution in [0, 0.1) is 12.7 Å². The number of amides is 1. The number of carbonyl (C=O) groups is 1. The Labute approximate surface area is 178 Å². The van der Waals surface area contributed by atoms with Gasteiger partial charge in [-0.15, -0.1) is 0 Å². The third kappa shape index (κ3) is 3.50. The minimum absolute atomic E-state index is 0.0123. The van der Waals surface area contributed by atoms with Crippen molar-refractivity contribution < 1.29 is 13.7 Å². The van der Waals surface area contributed by atoms with Crippen LogP contribution in [0.3, 0.4) is 0 Å². The molecule has 0 radical (unpaired) electrons. The molecule has 156 valence electrons. The van der Waals surface area contributed by atoms with Crippen LogP contribution in [0.1, 0.15) is 27.2 Å². The number of aromatic nitrogens is 4. The van der Waals surface area contributed by atoms with E-state index in [0.29, 0.717) is 42.2 Å². The van der Waals surface area contributed by atoms with E-state index in [4.69, 9.17) is 4.52 Å². The van der Waals surface area contributed by atoms with Crippen LogP contribution >= 0.6 is 0 Å². The van der Waals surface area contributed by atoms with Crippen molar-refractivity contribution in [2.45, 2.75) is 19.9 Å². The van der Waals surface area contributed by atoms with E-state index in [0.717, 1.165) is 16.8 Å².